The molecule has 1 atom stereocenters. The van der Waals surface area contributed by atoms with E-state index in [1.54, 1.807) is 4.90 Å². The van der Waals surface area contributed by atoms with Crippen molar-refractivity contribution in [3.63, 3.8) is 0 Å². The molecule has 4 rings (SSSR count). The van der Waals surface area contributed by atoms with Crippen LogP contribution in [-0.2, 0) is 9.59 Å². The number of hydrogen-bond acceptors (Lipinski definition) is 3. The smallest absolute Gasteiger partial charge is 0.229 e. The number of piperidine rings is 1. The number of amides is 2. The van der Waals surface area contributed by atoms with E-state index in [4.69, 9.17) is 0 Å². The molecule has 2 saturated heterocycles. The zero-order valence-electron chi connectivity index (χ0n) is 17.2. The monoisotopic (exact) mass is 391 g/mol. The number of nitrogens with one attached hydrogen (secondary N) is 1. The fourth-order valence-electron chi connectivity index (χ4n) is 4.12. The summed E-state index contributed by atoms with van der Waals surface area (Å²) in [6.45, 7) is 6.93. The lowest BCUT2D eigenvalue weighted by atomic mass is 9.99. The van der Waals surface area contributed by atoms with Crippen LogP contribution in [0.5, 0.6) is 0 Å². The van der Waals surface area contributed by atoms with Gasteiger partial charge in [-0.2, -0.15) is 0 Å². The summed E-state index contributed by atoms with van der Waals surface area (Å²) in [6, 6.07) is 15.9. The van der Waals surface area contributed by atoms with Gasteiger partial charge in [-0.05, 0) is 62.1 Å². The van der Waals surface area contributed by atoms with Gasteiger partial charge in [0.1, 0.15) is 0 Å². The summed E-state index contributed by atoms with van der Waals surface area (Å²) < 4.78 is 0. The largest absolute Gasteiger partial charge is 0.372 e. The van der Waals surface area contributed by atoms with Crippen LogP contribution in [0, 0.1) is 18.8 Å². The van der Waals surface area contributed by atoms with Crippen molar-refractivity contribution < 1.29 is 9.59 Å². The van der Waals surface area contributed by atoms with E-state index in [2.05, 4.69) is 29.3 Å². The first-order chi connectivity index (χ1) is 14.0. The van der Waals surface area contributed by atoms with Gasteiger partial charge in [-0.25, -0.2) is 0 Å². The molecule has 5 nitrogen and oxygen atoms in total. The van der Waals surface area contributed by atoms with Crippen LogP contribution >= 0.6 is 0 Å². The third-order valence-electron chi connectivity index (χ3n) is 6.13. The number of aryl methyl sites for hydroxylation is 1. The quantitative estimate of drug-likeness (QED) is 0.849. The number of rotatable bonds is 4. The molecular formula is C24H29N3O2. The average Bonchev–Trinajstić information content (AvgIpc) is 3.12. The Morgan fingerprint density at radius 3 is 2.24 bits per heavy atom. The molecule has 0 spiro atoms. The summed E-state index contributed by atoms with van der Waals surface area (Å²) in [6.07, 6.45) is 2.71. The second-order valence-electron chi connectivity index (χ2n) is 8.45. The summed E-state index contributed by atoms with van der Waals surface area (Å²) in [4.78, 5) is 29.2. The number of nitrogens with zero attached hydrogens (tertiary/aromatic N) is 2. The van der Waals surface area contributed by atoms with Crippen LogP contribution in [0.1, 0.15) is 31.7 Å². The van der Waals surface area contributed by atoms with E-state index in [0.717, 1.165) is 35.9 Å². The van der Waals surface area contributed by atoms with Crippen molar-refractivity contribution in [3.05, 3.63) is 54.1 Å². The highest BCUT2D eigenvalue weighted by atomic mass is 16.2. The van der Waals surface area contributed by atoms with Crippen molar-refractivity contribution in [2.24, 2.45) is 11.8 Å². The molecule has 1 N–H and O–H groups in total. The average molecular weight is 392 g/mol. The number of carbonyl (C=O) groups is 2. The molecular weight excluding hydrogens is 362 g/mol. The van der Waals surface area contributed by atoms with Crippen LogP contribution in [0.15, 0.2) is 48.5 Å². The Morgan fingerprint density at radius 1 is 0.966 bits per heavy atom. The summed E-state index contributed by atoms with van der Waals surface area (Å²) in [5.41, 5.74) is 4.00. The summed E-state index contributed by atoms with van der Waals surface area (Å²) in [7, 11) is 0. The molecule has 0 aliphatic carbocycles. The van der Waals surface area contributed by atoms with Crippen LogP contribution in [0.3, 0.4) is 0 Å². The Morgan fingerprint density at radius 2 is 1.59 bits per heavy atom. The second kappa shape index (κ2) is 8.27. The van der Waals surface area contributed by atoms with Gasteiger partial charge < -0.3 is 15.1 Å². The lowest BCUT2D eigenvalue weighted by Gasteiger charge is -2.32. The number of hydrogen-bond donors (Lipinski definition) is 1. The first-order valence-electron chi connectivity index (χ1n) is 10.5. The van der Waals surface area contributed by atoms with Gasteiger partial charge in [-0.15, -0.1) is 0 Å². The van der Waals surface area contributed by atoms with Crippen molar-refractivity contribution >= 4 is 28.9 Å². The molecule has 29 heavy (non-hydrogen) atoms. The van der Waals surface area contributed by atoms with E-state index < -0.39 is 0 Å². The van der Waals surface area contributed by atoms with Crippen LogP contribution in [0.2, 0.25) is 0 Å². The zero-order valence-corrected chi connectivity index (χ0v) is 17.2. The fraction of sp³-hybridized carbons (Fsp3) is 0.417. The molecule has 0 aromatic heterocycles. The summed E-state index contributed by atoms with van der Waals surface area (Å²) in [5.74, 6) is 0.390. The lowest BCUT2D eigenvalue weighted by Crippen LogP contribution is -2.32. The maximum atomic E-state index is 12.7. The van der Waals surface area contributed by atoms with Crippen molar-refractivity contribution in [3.8, 4) is 0 Å². The third-order valence-corrected chi connectivity index (χ3v) is 6.13. The Balaban J connectivity index is 1.35. The Kier molecular flexibility index (Phi) is 5.56. The van der Waals surface area contributed by atoms with Gasteiger partial charge in [-0.1, -0.05) is 24.6 Å². The zero-order chi connectivity index (χ0) is 20.4. The molecule has 2 aliphatic heterocycles. The third kappa shape index (κ3) is 4.44. The van der Waals surface area contributed by atoms with Crippen molar-refractivity contribution in [1.82, 2.24) is 0 Å². The molecule has 0 unspecified atom stereocenters. The van der Waals surface area contributed by atoms with Crippen LogP contribution in [-0.4, -0.2) is 31.4 Å². The van der Waals surface area contributed by atoms with Gasteiger partial charge in [0.05, 0.1) is 5.92 Å². The molecule has 2 aromatic carbocycles. The van der Waals surface area contributed by atoms with Crippen molar-refractivity contribution in [1.29, 1.82) is 0 Å². The number of carbonyl (C=O) groups excluding carboxylic acids is 2. The van der Waals surface area contributed by atoms with Crippen molar-refractivity contribution in [2.75, 3.05) is 34.8 Å². The normalized spacial score (nSPS) is 20.2. The first-order valence-corrected chi connectivity index (χ1v) is 10.5. The predicted octanol–water partition coefficient (Wildman–Crippen LogP) is 4.22. The Hall–Kier alpha value is -2.82. The molecule has 2 fully saturated rings. The number of benzene rings is 2. The standard InChI is InChI=1S/C24H29N3O2/c1-17-3-7-22(8-4-17)27-16-19(15-23(27)28)24(29)25-20-5-9-21(10-6-20)26-13-11-18(2)12-14-26/h3-10,18-19H,11-16H2,1-2H3,(H,25,29)/t19-/m1/s1. The topological polar surface area (TPSA) is 52.7 Å². The van der Waals surface area contributed by atoms with E-state index >= 15 is 0 Å². The Bertz CT molecular complexity index is 868. The fourth-order valence-corrected chi connectivity index (χ4v) is 4.12. The molecule has 0 bridgehead atoms. The summed E-state index contributed by atoms with van der Waals surface area (Å²) >= 11 is 0. The van der Waals surface area contributed by atoms with E-state index in [9.17, 15) is 9.59 Å². The molecule has 5 heteroatoms. The van der Waals surface area contributed by atoms with Crippen molar-refractivity contribution in [2.45, 2.75) is 33.1 Å². The minimum Gasteiger partial charge on any atom is -0.372 e. The molecule has 2 aromatic rings. The Labute approximate surface area is 172 Å². The number of anilines is 3. The van der Waals surface area contributed by atoms with E-state index in [0.29, 0.717) is 6.54 Å². The highest BCUT2D eigenvalue weighted by molar-refractivity contribution is 6.03. The summed E-state index contributed by atoms with van der Waals surface area (Å²) in [5, 5.41) is 2.99. The van der Waals surface area contributed by atoms with Gasteiger partial charge >= 0.3 is 0 Å². The van der Waals surface area contributed by atoms with Crippen LogP contribution < -0.4 is 15.1 Å². The minimum absolute atomic E-state index is 0.00341. The first kappa shape index (κ1) is 19.5. The molecule has 2 amide bonds. The predicted molar refractivity (Wildman–Crippen MR) is 117 cm³/mol. The van der Waals surface area contributed by atoms with E-state index in [1.165, 1.54) is 18.5 Å². The van der Waals surface area contributed by atoms with Gasteiger partial charge in [-0.3, -0.25) is 9.59 Å². The van der Waals surface area contributed by atoms with Gasteiger partial charge in [0.15, 0.2) is 0 Å². The molecule has 2 aliphatic rings. The maximum Gasteiger partial charge on any atom is 0.229 e. The minimum atomic E-state index is -0.327. The van der Waals surface area contributed by atoms with Gasteiger partial charge in [0.25, 0.3) is 0 Å². The molecule has 0 radical (unpaired) electrons. The maximum absolute atomic E-state index is 12.7. The SMILES string of the molecule is Cc1ccc(N2C[C@H](C(=O)Nc3ccc(N4CCC(C)CC4)cc3)CC2=O)cc1. The van der Waals surface area contributed by atoms with Crippen LogP contribution in [0.4, 0.5) is 17.1 Å². The van der Waals surface area contributed by atoms with Crippen LogP contribution in [0.25, 0.3) is 0 Å². The highest BCUT2D eigenvalue weighted by Gasteiger charge is 2.35. The highest BCUT2D eigenvalue weighted by Crippen LogP contribution is 2.27. The lowest BCUT2D eigenvalue weighted by molar-refractivity contribution is -0.122. The second-order valence-corrected chi connectivity index (χ2v) is 8.45. The molecule has 2 heterocycles. The molecule has 152 valence electrons. The van der Waals surface area contributed by atoms with Gasteiger partial charge in [0, 0.05) is 43.1 Å². The molecule has 0 saturated carbocycles. The van der Waals surface area contributed by atoms with Gasteiger partial charge in [0.2, 0.25) is 11.8 Å². The van der Waals surface area contributed by atoms with E-state index in [1.807, 2.05) is 43.3 Å². The van der Waals surface area contributed by atoms with E-state index in [-0.39, 0.29) is 24.2 Å².